The molecular formula is C13H19ClN4O. The molecule has 0 amide bonds. The maximum absolute atomic E-state index is 6.10. The van der Waals surface area contributed by atoms with Gasteiger partial charge in [-0.05, 0) is 11.8 Å². The molecule has 5 nitrogen and oxygen atoms in total. The molecule has 0 aliphatic carbocycles. The van der Waals surface area contributed by atoms with E-state index in [1.165, 1.54) is 0 Å². The third-order valence-electron chi connectivity index (χ3n) is 2.82. The molecule has 104 valence electrons. The Morgan fingerprint density at radius 3 is 2.74 bits per heavy atom. The molecule has 2 aromatic rings. The molecule has 0 bridgehead atoms. The average molecular weight is 283 g/mol. The molecule has 2 aromatic heterocycles. The summed E-state index contributed by atoms with van der Waals surface area (Å²) in [7, 11) is 1.83. The zero-order chi connectivity index (χ0) is 14.0. The molecule has 2 heterocycles. The van der Waals surface area contributed by atoms with Crippen molar-refractivity contribution in [3.63, 3.8) is 0 Å². The lowest BCUT2D eigenvalue weighted by atomic mass is 9.93. The van der Waals surface area contributed by atoms with Gasteiger partial charge in [-0.3, -0.25) is 4.68 Å². The van der Waals surface area contributed by atoms with Gasteiger partial charge in [-0.25, -0.2) is 9.97 Å². The monoisotopic (exact) mass is 282 g/mol. The van der Waals surface area contributed by atoms with Crippen molar-refractivity contribution in [2.75, 3.05) is 6.61 Å². The summed E-state index contributed by atoms with van der Waals surface area (Å²) in [6.07, 6.45) is 2.66. The molecule has 0 radical (unpaired) electrons. The van der Waals surface area contributed by atoms with Gasteiger partial charge < -0.3 is 4.74 Å². The first-order valence-electron chi connectivity index (χ1n) is 6.29. The van der Waals surface area contributed by atoms with Gasteiger partial charge in [0, 0.05) is 13.7 Å². The fraction of sp³-hybridized carbons (Fsp3) is 0.615. The highest BCUT2D eigenvalue weighted by Gasteiger charge is 2.12. The van der Waals surface area contributed by atoms with Gasteiger partial charge in [-0.2, -0.15) is 5.10 Å². The van der Waals surface area contributed by atoms with Crippen LogP contribution in [-0.4, -0.2) is 26.4 Å². The number of aryl methyl sites for hydroxylation is 1. The van der Waals surface area contributed by atoms with Crippen LogP contribution in [-0.2, 0) is 18.4 Å². The fourth-order valence-corrected chi connectivity index (χ4v) is 1.87. The number of fused-ring (bicyclic) bond motifs is 1. The minimum Gasteiger partial charge on any atom is -0.373 e. The van der Waals surface area contributed by atoms with Crippen LogP contribution in [0.15, 0.2) is 6.20 Å². The van der Waals surface area contributed by atoms with E-state index in [9.17, 15) is 0 Å². The van der Waals surface area contributed by atoms with Crippen LogP contribution in [0.4, 0.5) is 0 Å². The molecular weight excluding hydrogens is 264 g/mol. The van der Waals surface area contributed by atoms with Crippen molar-refractivity contribution in [1.82, 2.24) is 19.7 Å². The zero-order valence-corrected chi connectivity index (χ0v) is 12.5. The molecule has 6 heteroatoms. The van der Waals surface area contributed by atoms with E-state index < -0.39 is 0 Å². The maximum Gasteiger partial charge on any atom is 0.162 e. The van der Waals surface area contributed by atoms with E-state index in [2.05, 4.69) is 35.8 Å². The summed E-state index contributed by atoms with van der Waals surface area (Å²) < 4.78 is 7.28. The van der Waals surface area contributed by atoms with Gasteiger partial charge in [-0.1, -0.05) is 32.4 Å². The molecule has 0 unspecified atom stereocenters. The zero-order valence-electron chi connectivity index (χ0n) is 11.8. The molecule has 2 rings (SSSR count). The second-order valence-corrected chi connectivity index (χ2v) is 6.16. The van der Waals surface area contributed by atoms with Crippen molar-refractivity contribution in [1.29, 1.82) is 0 Å². The Kier molecular flexibility index (Phi) is 4.06. The number of hydrogen-bond donors (Lipinski definition) is 0. The highest BCUT2D eigenvalue weighted by Crippen LogP contribution is 2.20. The lowest BCUT2D eigenvalue weighted by Crippen LogP contribution is -2.10. The summed E-state index contributed by atoms with van der Waals surface area (Å²) in [5.41, 5.74) is 0.999. The van der Waals surface area contributed by atoms with Crippen LogP contribution in [0.1, 0.15) is 33.0 Å². The van der Waals surface area contributed by atoms with E-state index in [4.69, 9.17) is 16.3 Å². The molecule has 0 N–H and O–H groups in total. The summed E-state index contributed by atoms with van der Waals surface area (Å²) >= 11 is 6.10. The van der Waals surface area contributed by atoms with E-state index in [1.54, 1.807) is 10.9 Å². The van der Waals surface area contributed by atoms with Gasteiger partial charge in [0.05, 0.1) is 11.6 Å². The van der Waals surface area contributed by atoms with E-state index in [-0.39, 0.29) is 5.41 Å². The SMILES string of the molecule is Cn1ncc2c(Cl)nc(COCCC(C)(C)C)nc21. The Bertz CT molecular complexity index is 574. The van der Waals surface area contributed by atoms with Crippen LogP contribution in [0, 0.1) is 5.41 Å². The third kappa shape index (κ3) is 3.64. The number of rotatable bonds is 4. The maximum atomic E-state index is 6.10. The second-order valence-electron chi connectivity index (χ2n) is 5.80. The Morgan fingerprint density at radius 1 is 1.32 bits per heavy atom. The van der Waals surface area contributed by atoms with Gasteiger partial charge in [0.1, 0.15) is 11.8 Å². The highest BCUT2D eigenvalue weighted by molar-refractivity contribution is 6.33. The third-order valence-corrected chi connectivity index (χ3v) is 3.11. The Balaban J connectivity index is 2.03. The van der Waals surface area contributed by atoms with Crippen LogP contribution in [0.2, 0.25) is 5.15 Å². The standard InChI is InChI=1S/C13H19ClN4O/c1-13(2,3)5-6-19-8-10-16-11(14)9-7-15-18(4)12(9)17-10/h7H,5-6,8H2,1-4H3. The first-order valence-corrected chi connectivity index (χ1v) is 6.66. The average Bonchev–Trinajstić information content (AvgIpc) is 2.66. The van der Waals surface area contributed by atoms with Crippen molar-refractivity contribution in [3.8, 4) is 0 Å². The van der Waals surface area contributed by atoms with Crippen LogP contribution >= 0.6 is 11.6 Å². The lowest BCUT2D eigenvalue weighted by molar-refractivity contribution is 0.0919. The van der Waals surface area contributed by atoms with E-state index in [1.807, 2.05) is 7.05 Å². The lowest BCUT2D eigenvalue weighted by Gasteiger charge is -2.17. The van der Waals surface area contributed by atoms with Gasteiger partial charge in [-0.15, -0.1) is 0 Å². The van der Waals surface area contributed by atoms with Crippen LogP contribution < -0.4 is 0 Å². The summed E-state index contributed by atoms with van der Waals surface area (Å²) in [6, 6.07) is 0. The molecule has 0 spiro atoms. The predicted molar refractivity (Wildman–Crippen MR) is 75.0 cm³/mol. The first-order chi connectivity index (χ1) is 8.87. The Hall–Kier alpha value is -1.20. The second kappa shape index (κ2) is 5.43. The fourth-order valence-electron chi connectivity index (χ4n) is 1.64. The smallest absolute Gasteiger partial charge is 0.162 e. The van der Waals surface area contributed by atoms with Gasteiger partial charge in [0.25, 0.3) is 0 Å². The number of hydrogen-bond acceptors (Lipinski definition) is 4. The van der Waals surface area contributed by atoms with Crippen molar-refractivity contribution in [2.24, 2.45) is 12.5 Å². The van der Waals surface area contributed by atoms with Crippen molar-refractivity contribution < 1.29 is 4.74 Å². The topological polar surface area (TPSA) is 52.8 Å². The summed E-state index contributed by atoms with van der Waals surface area (Å²) in [6.45, 7) is 7.62. The largest absolute Gasteiger partial charge is 0.373 e. The van der Waals surface area contributed by atoms with E-state index in [0.29, 0.717) is 24.2 Å². The quantitative estimate of drug-likeness (QED) is 0.639. The molecule has 0 atom stereocenters. The van der Waals surface area contributed by atoms with Gasteiger partial charge >= 0.3 is 0 Å². The Morgan fingerprint density at radius 2 is 2.05 bits per heavy atom. The van der Waals surface area contributed by atoms with Crippen molar-refractivity contribution >= 4 is 22.6 Å². The molecule has 0 saturated carbocycles. The molecule has 0 fully saturated rings. The van der Waals surface area contributed by atoms with Gasteiger partial charge in [0.15, 0.2) is 11.5 Å². The summed E-state index contributed by atoms with van der Waals surface area (Å²) in [5, 5.41) is 5.31. The van der Waals surface area contributed by atoms with E-state index >= 15 is 0 Å². The normalized spacial score (nSPS) is 12.3. The number of halogens is 1. The predicted octanol–water partition coefficient (Wildman–Crippen LogP) is 2.97. The number of aromatic nitrogens is 4. The van der Waals surface area contributed by atoms with Crippen LogP contribution in [0.5, 0.6) is 0 Å². The van der Waals surface area contributed by atoms with Crippen molar-refractivity contribution in [2.45, 2.75) is 33.8 Å². The number of ether oxygens (including phenoxy) is 1. The Labute approximate surface area is 117 Å². The van der Waals surface area contributed by atoms with Crippen molar-refractivity contribution in [3.05, 3.63) is 17.2 Å². The molecule has 0 aromatic carbocycles. The van der Waals surface area contributed by atoms with Gasteiger partial charge in [0.2, 0.25) is 0 Å². The summed E-state index contributed by atoms with van der Waals surface area (Å²) in [4.78, 5) is 8.63. The first kappa shape index (κ1) is 14.2. The molecule has 0 aliphatic heterocycles. The number of nitrogens with zero attached hydrogens (tertiary/aromatic N) is 4. The highest BCUT2D eigenvalue weighted by atomic mass is 35.5. The minimum absolute atomic E-state index is 0.268. The molecule has 0 saturated heterocycles. The van der Waals surface area contributed by atoms with Crippen LogP contribution in [0.25, 0.3) is 11.0 Å². The molecule has 0 aliphatic rings. The minimum atomic E-state index is 0.268. The van der Waals surface area contributed by atoms with E-state index in [0.717, 1.165) is 17.5 Å². The molecule has 19 heavy (non-hydrogen) atoms. The van der Waals surface area contributed by atoms with Crippen LogP contribution in [0.3, 0.4) is 0 Å². The summed E-state index contributed by atoms with van der Waals surface area (Å²) in [5.74, 6) is 0.593.